The maximum absolute atomic E-state index is 12.9. The molecule has 29 heavy (non-hydrogen) atoms. The van der Waals surface area contributed by atoms with Gasteiger partial charge in [0.25, 0.3) is 5.91 Å². The summed E-state index contributed by atoms with van der Waals surface area (Å²) >= 11 is 0. The Kier molecular flexibility index (Phi) is 6.41. The molecule has 0 spiro atoms. The Bertz CT molecular complexity index is 913. The van der Waals surface area contributed by atoms with Crippen LogP contribution in [0.2, 0.25) is 0 Å². The van der Waals surface area contributed by atoms with Crippen LogP contribution in [-0.2, 0) is 11.3 Å². The van der Waals surface area contributed by atoms with Crippen LogP contribution in [0.5, 0.6) is 5.75 Å². The smallest absolute Gasteiger partial charge is 0.270 e. The van der Waals surface area contributed by atoms with Crippen molar-refractivity contribution in [2.75, 3.05) is 11.9 Å². The quantitative estimate of drug-likeness (QED) is 0.710. The number of anilines is 1. The predicted octanol–water partition coefficient (Wildman–Crippen LogP) is 3.11. The van der Waals surface area contributed by atoms with Crippen molar-refractivity contribution in [2.24, 2.45) is 5.92 Å². The van der Waals surface area contributed by atoms with Crippen molar-refractivity contribution in [1.82, 2.24) is 15.3 Å². The Morgan fingerprint density at radius 1 is 1.24 bits per heavy atom. The van der Waals surface area contributed by atoms with Gasteiger partial charge in [0.15, 0.2) is 0 Å². The average molecular weight is 400 g/mol. The fraction of sp³-hybridized carbons (Fsp3) is 0.429. The number of aryl methyl sites for hydroxylation is 2. The van der Waals surface area contributed by atoms with E-state index in [1.807, 2.05) is 19.1 Å². The number of carbonyl (C=O) groups is 2. The molecule has 1 aromatic heterocycles. The minimum atomic E-state index is -1.04. The van der Waals surface area contributed by atoms with Crippen molar-refractivity contribution in [1.29, 1.82) is 0 Å². The Morgan fingerprint density at radius 3 is 2.66 bits per heavy atom. The number of alkyl halides is 1. The summed E-state index contributed by atoms with van der Waals surface area (Å²) in [6, 6.07) is 7.03. The third-order valence-electron chi connectivity index (χ3n) is 4.43. The second-order valence-corrected chi connectivity index (χ2v) is 7.36. The topological polar surface area (TPSA) is 93.2 Å². The molecule has 1 heterocycles. The summed E-state index contributed by atoms with van der Waals surface area (Å²) in [4.78, 5) is 32.7. The summed E-state index contributed by atoms with van der Waals surface area (Å²) in [7, 11) is 0. The third-order valence-corrected chi connectivity index (χ3v) is 4.43. The molecule has 3 rings (SSSR count). The SMILES string of the molecule is Cc1cc(C(=O)NCc2ccc(OC[C@@H](C)F)c(C)c2)nc(NC(=O)C2CC2)n1. The van der Waals surface area contributed by atoms with Gasteiger partial charge in [0, 0.05) is 18.2 Å². The number of ether oxygens (including phenoxy) is 1. The van der Waals surface area contributed by atoms with E-state index in [4.69, 9.17) is 4.74 Å². The van der Waals surface area contributed by atoms with Gasteiger partial charge in [-0.25, -0.2) is 14.4 Å². The maximum atomic E-state index is 12.9. The zero-order valence-corrected chi connectivity index (χ0v) is 16.8. The van der Waals surface area contributed by atoms with Crippen LogP contribution >= 0.6 is 0 Å². The Hall–Kier alpha value is -3.03. The van der Waals surface area contributed by atoms with Crippen LogP contribution in [0, 0.1) is 19.8 Å². The minimum Gasteiger partial charge on any atom is -0.490 e. The normalized spacial score (nSPS) is 14.2. The highest BCUT2D eigenvalue weighted by Crippen LogP contribution is 2.29. The predicted molar refractivity (Wildman–Crippen MR) is 107 cm³/mol. The van der Waals surface area contributed by atoms with Crippen molar-refractivity contribution in [2.45, 2.75) is 46.3 Å². The molecule has 0 unspecified atom stereocenters. The van der Waals surface area contributed by atoms with E-state index in [1.165, 1.54) is 6.92 Å². The summed E-state index contributed by atoms with van der Waals surface area (Å²) in [6.45, 7) is 5.35. The number of carbonyl (C=O) groups excluding carboxylic acids is 2. The molecule has 0 aliphatic heterocycles. The average Bonchev–Trinajstić information content (AvgIpc) is 3.50. The van der Waals surface area contributed by atoms with Crippen LogP contribution in [0.15, 0.2) is 24.3 Å². The molecular weight excluding hydrogens is 375 g/mol. The first-order chi connectivity index (χ1) is 13.8. The molecule has 2 amide bonds. The van der Waals surface area contributed by atoms with Crippen LogP contribution in [0.3, 0.4) is 0 Å². The number of rotatable bonds is 8. The first-order valence-electron chi connectivity index (χ1n) is 9.63. The van der Waals surface area contributed by atoms with E-state index in [9.17, 15) is 14.0 Å². The highest BCUT2D eigenvalue weighted by Gasteiger charge is 2.30. The lowest BCUT2D eigenvalue weighted by Gasteiger charge is -2.12. The Morgan fingerprint density at radius 2 is 2.00 bits per heavy atom. The van der Waals surface area contributed by atoms with Crippen molar-refractivity contribution in [3.8, 4) is 5.75 Å². The molecule has 1 fully saturated rings. The van der Waals surface area contributed by atoms with Crippen molar-refractivity contribution >= 4 is 17.8 Å². The monoisotopic (exact) mass is 400 g/mol. The summed E-state index contributed by atoms with van der Waals surface area (Å²) in [5.41, 5.74) is 2.53. The highest BCUT2D eigenvalue weighted by atomic mass is 19.1. The first kappa shape index (κ1) is 20.7. The van der Waals surface area contributed by atoms with Crippen LogP contribution in [0.25, 0.3) is 0 Å². The molecule has 7 nitrogen and oxygen atoms in total. The lowest BCUT2D eigenvalue weighted by Crippen LogP contribution is -2.25. The van der Waals surface area contributed by atoms with Crippen molar-refractivity contribution in [3.05, 3.63) is 46.8 Å². The van der Waals surface area contributed by atoms with Gasteiger partial charge < -0.3 is 10.1 Å². The summed E-state index contributed by atoms with van der Waals surface area (Å²) in [6.07, 6.45) is 0.714. The number of aromatic nitrogens is 2. The highest BCUT2D eigenvalue weighted by molar-refractivity contribution is 5.95. The lowest BCUT2D eigenvalue weighted by atomic mass is 10.1. The van der Waals surface area contributed by atoms with Gasteiger partial charge in [-0.05, 0) is 56.9 Å². The molecule has 2 N–H and O–H groups in total. The molecule has 1 aliphatic carbocycles. The Balaban J connectivity index is 1.60. The van der Waals surface area contributed by atoms with E-state index >= 15 is 0 Å². The number of benzene rings is 1. The summed E-state index contributed by atoms with van der Waals surface area (Å²) in [5.74, 6) is 0.321. The Labute approximate surface area is 169 Å². The minimum absolute atomic E-state index is 0.00358. The van der Waals surface area contributed by atoms with Gasteiger partial charge in [-0.15, -0.1) is 0 Å². The summed E-state index contributed by atoms with van der Waals surface area (Å²) in [5, 5.41) is 5.48. The zero-order valence-electron chi connectivity index (χ0n) is 16.8. The number of halogens is 1. The van der Waals surface area contributed by atoms with Gasteiger partial charge in [-0.3, -0.25) is 14.9 Å². The second kappa shape index (κ2) is 8.98. The number of nitrogens with zero attached hydrogens (tertiary/aromatic N) is 2. The van der Waals surface area contributed by atoms with E-state index in [1.54, 1.807) is 19.1 Å². The summed E-state index contributed by atoms with van der Waals surface area (Å²) < 4.78 is 18.3. The van der Waals surface area contributed by atoms with Crippen LogP contribution in [0.4, 0.5) is 10.3 Å². The van der Waals surface area contributed by atoms with Crippen LogP contribution in [-0.4, -0.2) is 34.6 Å². The van der Waals surface area contributed by atoms with E-state index in [2.05, 4.69) is 20.6 Å². The van der Waals surface area contributed by atoms with Gasteiger partial charge >= 0.3 is 0 Å². The van der Waals surface area contributed by atoms with Gasteiger partial charge in [-0.1, -0.05) is 12.1 Å². The van der Waals surface area contributed by atoms with E-state index in [0.717, 1.165) is 24.0 Å². The standard InChI is InChI=1S/C21H25FN4O3/c1-12-8-15(4-7-18(12)29-11-13(2)22)10-23-20(28)17-9-14(3)24-21(25-17)26-19(27)16-5-6-16/h4,7-9,13,16H,5-6,10-11H2,1-3H3,(H,23,28)(H,24,25,26,27)/t13-/m1/s1. The van der Waals surface area contributed by atoms with E-state index < -0.39 is 6.17 Å². The van der Waals surface area contributed by atoms with Crippen molar-refractivity contribution < 1.29 is 18.7 Å². The van der Waals surface area contributed by atoms with E-state index in [0.29, 0.717) is 18.0 Å². The third kappa shape index (κ3) is 5.97. The molecule has 154 valence electrons. The molecule has 8 heteroatoms. The molecule has 1 atom stereocenters. The van der Waals surface area contributed by atoms with E-state index in [-0.39, 0.29) is 36.0 Å². The molecule has 0 saturated heterocycles. The maximum Gasteiger partial charge on any atom is 0.270 e. The molecule has 1 saturated carbocycles. The fourth-order valence-corrected chi connectivity index (χ4v) is 2.76. The zero-order chi connectivity index (χ0) is 21.0. The lowest BCUT2D eigenvalue weighted by molar-refractivity contribution is -0.117. The number of nitrogens with one attached hydrogen (secondary N) is 2. The molecular formula is C21H25FN4O3. The molecule has 0 bridgehead atoms. The second-order valence-electron chi connectivity index (χ2n) is 7.36. The molecule has 1 aliphatic rings. The van der Waals surface area contributed by atoms with Gasteiger partial charge in [-0.2, -0.15) is 0 Å². The number of amides is 2. The fourth-order valence-electron chi connectivity index (χ4n) is 2.76. The number of hydrogen-bond donors (Lipinski definition) is 2. The largest absolute Gasteiger partial charge is 0.490 e. The molecule has 2 aromatic rings. The number of hydrogen-bond acceptors (Lipinski definition) is 5. The first-order valence-corrected chi connectivity index (χ1v) is 9.63. The van der Waals surface area contributed by atoms with Gasteiger partial charge in [0.1, 0.15) is 24.2 Å². The molecule has 0 radical (unpaired) electrons. The van der Waals surface area contributed by atoms with Crippen LogP contribution < -0.4 is 15.4 Å². The molecule has 1 aromatic carbocycles. The van der Waals surface area contributed by atoms with Crippen LogP contribution in [0.1, 0.15) is 47.1 Å². The van der Waals surface area contributed by atoms with Crippen molar-refractivity contribution in [3.63, 3.8) is 0 Å². The van der Waals surface area contributed by atoms with Gasteiger partial charge in [0.05, 0.1) is 0 Å². The van der Waals surface area contributed by atoms with Gasteiger partial charge in [0.2, 0.25) is 11.9 Å².